The zero-order valence-corrected chi connectivity index (χ0v) is 11.6. The summed E-state index contributed by atoms with van der Waals surface area (Å²) in [5, 5.41) is 3.16. The average molecular weight is 334 g/mol. The maximum absolute atomic E-state index is 5.66. The molecule has 1 aromatic carbocycles. The van der Waals surface area contributed by atoms with Gasteiger partial charge in [0.2, 0.25) is 16.5 Å². The van der Waals surface area contributed by atoms with E-state index in [1.807, 2.05) is 24.3 Å². The number of aromatic nitrogens is 3. The number of hydrogen-bond acceptors (Lipinski definition) is 4. The fourth-order valence-electron chi connectivity index (χ4n) is 1.19. The molecule has 0 atom stereocenters. The van der Waals surface area contributed by atoms with Crippen LogP contribution in [-0.4, -0.2) is 15.0 Å². The van der Waals surface area contributed by atoms with E-state index < -0.39 is 0 Å². The standard InChI is InChI=1S/C10H7BrCl2N4/c11-7-3-1-6(2-4-7)5-14-10-16-8(12)15-9(13)17-10/h1-4H,5H2,(H,14,15,16,17). The molecule has 1 N–H and O–H groups in total. The van der Waals surface area contributed by atoms with Crippen LogP contribution in [0.3, 0.4) is 0 Å². The number of anilines is 1. The third kappa shape index (κ3) is 3.80. The Labute approximate surface area is 117 Å². The molecule has 88 valence electrons. The van der Waals surface area contributed by atoms with Gasteiger partial charge in [-0.1, -0.05) is 28.1 Å². The third-order valence-corrected chi connectivity index (χ3v) is 2.81. The molecular weight excluding hydrogens is 327 g/mol. The number of nitrogens with zero attached hydrogens (tertiary/aromatic N) is 3. The van der Waals surface area contributed by atoms with E-state index in [1.54, 1.807) is 0 Å². The number of rotatable bonds is 3. The first kappa shape index (κ1) is 12.5. The van der Waals surface area contributed by atoms with Crippen LogP contribution in [0.5, 0.6) is 0 Å². The Kier molecular flexibility index (Phi) is 4.15. The summed E-state index contributed by atoms with van der Waals surface area (Å²) in [7, 11) is 0. The first-order chi connectivity index (χ1) is 8.13. The first-order valence-corrected chi connectivity index (χ1v) is 6.24. The SMILES string of the molecule is Clc1nc(Cl)nc(NCc2ccc(Br)cc2)n1. The second kappa shape index (κ2) is 5.62. The highest BCUT2D eigenvalue weighted by Gasteiger charge is 2.02. The monoisotopic (exact) mass is 332 g/mol. The molecule has 0 fully saturated rings. The lowest BCUT2D eigenvalue weighted by Gasteiger charge is -2.05. The van der Waals surface area contributed by atoms with Gasteiger partial charge < -0.3 is 5.32 Å². The largest absolute Gasteiger partial charge is 0.350 e. The number of halogens is 3. The predicted molar refractivity (Wildman–Crippen MR) is 71.3 cm³/mol. The van der Waals surface area contributed by atoms with E-state index >= 15 is 0 Å². The molecule has 2 rings (SSSR count). The molecule has 1 aromatic heterocycles. The van der Waals surface area contributed by atoms with Gasteiger partial charge in [-0.3, -0.25) is 0 Å². The minimum absolute atomic E-state index is 0.0725. The molecule has 0 radical (unpaired) electrons. The van der Waals surface area contributed by atoms with E-state index in [1.165, 1.54) is 0 Å². The summed E-state index contributed by atoms with van der Waals surface area (Å²) in [5.74, 6) is 0.359. The molecule has 0 amide bonds. The molecule has 0 aliphatic heterocycles. The van der Waals surface area contributed by atoms with Crippen molar-refractivity contribution in [3.05, 3.63) is 44.9 Å². The second-order valence-electron chi connectivity index (χ2n) is 3.18. The maximum Gasteiger partial charge on any atom is 0.228 e. The Morgan fingerprint density at radius 3 is 2.18 bits per heavy atom. The van der Waals surface area contributed by atoms with Crippen LogP contribution in [0, 0.1) is 0 Å². The molecule has 0 saturated heterocycles. The molecule has 0 unspecified atom stereocenters. The molecular formula is C10H7BrCl2N4. The van der Waals surface area contributed by atoms with Crippen molar-refractivity contribution in [2.75, 3.05) is 5.32 Å². The molecule has 0 saturated carbocycles. The Hall–Kier alpha value is -0.910. The molecule has 2 aromatic rings. The minimum Gasteiger partial charge on any atom is -0.350 e. The molecule has 17 heavy (non-hydrogen) atoms. The molecule has 0 aliphatic carbocycles. The van der Waals surface area contributed by atoms with Gasteiger partial charge in [-0.05, 0) is 40.9 Å². The lowest BCUT2D eigenvalue weighted by Crippen LogP contribution is -2.04. The van der Waals surface area contributed by atoms with Crippen LogP contribution in [0.2, 0.25) is 10.6 Å². The Balaban J connectivity index is 2.04. The summed E-state index contributed by atoms with van der Waals surface area (Å²) in [6, 6.07) is 7.90. The smallest absolute Gasteiger partial charge is 0.228 e. The number of nitrogens with one attached hydrogen (secondary N) is 1. The fraction of sp³-hybridized carbons (Fsp3) is 0.100. The van der Waals surface area contributed by atoms with Gasteiger partial charge in [0.05, 0.1) is 0 Å². The first-order valence-electron chi connectivity index (χ1n) is 4.69. The summed E-state index contributed by atoms with van der Waals surface area (Å²) in [5.41, 5.74) is 1.10. The van der Waals surface area contributed by atoms with Crippen molar-refractivity contribution in [2.24, 2.45) is 0 Å². The van der Waals surface area contributed by atoms with Gasteiger partial charge >= 0.3 is 0 Å². The van der Waals surface area contributed by atoms with Crippen molar-refractivity contribution < 1.29 is 0 Å². The molecule has 0 spiro atoms. The van der Waals surface area contributed by atoms with E-state index in [9.17, 15) is 0 Å². The normalized spacial score (nSPS) is 10.3. The second-order valence-corrected chi connectivity index (χ2v) is 4.77. The van der Waals surface area contributed by atoms with Crippen molar-refractivity contribution in [1.82, 2.24) is 15.0 Å². The summed E-state index contributed by atoms with van der Waals surface area (Å²) < 4.78 is 1.03. The van der Waals surface area contributed by atoms with Crippen LogP contribution in [0.1, 0.15) is 5.56 Å². The van der Waals surface area contributed by atoms with Gasteiger partial charge in [0, 0.05) is 11.0 Å². The zero-order valence-electron chi connectivity index (χ0n) is 8.49. The van der Waals surface area contributed by atoms with Gasteiger partial charge in [0.25, 0.3) is 0 Å². The van der Waals surface area contributed by atoms with Crippen molar-refractivity contribution in [2.45, 2.75) is 6.54 Å². The predicted octanol–water partition coefficient (Wildman–Crippen LogP) is 3.55. The molecule has 7 heteroatoms. The van der Waals surface area contributed by atoms with Crippen molar-refractivity contribution in [3.63, 3.8) is 0 Å². The van der Waals surface area contributed by atoms with Gasteiger partial charge in [0.15, 0.2) is 0 Å². The van der Waals surface area contributed by atoms with Crippen LogP contribution in [0.25, 0.3) is 0 Å². The summed E-state index contributed by atoms with van der Waals surface area (Å²) in [6.07, 6.45) is 0. The van der Waals surface area contributed by atoms with Crippen LogP contribution in [0.4, 0.5) is 5.95 Å². The molecule has 4 nitrogen and oxygen atoms in total. The summed E-state index contributed by atoms with van der Waals surface area (Å²) in [6.45, 7) is 0.587. The van der Waals surface area contributed by atoms with Gasteiger partial charge in [-0.15, -0.1) is 0 Å². The van der Waals surface area contributed by atoms with Gasteiger partial charge in [-0.2, -0.15) is 15.0 Å². The number of hydrogen-bond donors (Lipinski definition) is 1. The van der Waals surface area contributed by atoms with Crippen LogP contribution < -0.4 is 5.32 Å². The minimum atomic E-state index is 0.0725. The van der Waals surface area contributed by atoms with Crippen molar-refractivity contribution in [3.8, 4) is 0 Å². The topological polar surface area (TPSA) is 50.7 Å². The highest BCUT2D eigenvalue weighted by Crippen LogP contribution is 2.13. The van der Waals surface area contributed by atoms with Crippen LogP contribution in [0.15, 0.2) is 28.7 Å². The van der Waals surface area contributed by atoms with E-state index in [4.69, 9.17) is 23.2 Å². The van der Waals surface area contributed by atoms with Gasteiger partial charge in [0.1, 0.15) is 0 Å². The quantitative estimate of drug-likeness (QED) is 0.933. The van der Waals surface area contributed by atoms with Crippen molar-refractivity contribution in [1.29, 1.82) is 0 Å². The molecule has 0 bridgehead atoms. The highest BCUT2D eigenvalue weighted by molar-refractivity contribution is 9.10. The number of benzene rings is 1. The summed E-state index contributed by atoms with van der Waals surface area (Å²) >= 11 is 14.7. The third-order valence-electron chi connectivity index (χ3n) is 1.94. The Morgan fingerprint density at radius 1 is 1.00 bits per heavy atom. The Bertz CT molecular complexity index is 498. The van der Waals surface area contributed by atoms with E-state index in [0.29, 0.717) is 12.5 Å². The zero-order chi connectivity index (χ0) is 12.3. The summed E-state index contributed by atoms with van der Waals surface area (Å²) in [4.78, 5) is 11.5. The fourth-order valence-corrected chi connectivity index (χ4v) is 1.82. The van der Waals surface area contributed by atoms with Crippen molar-refractivity contribution >= 4 is 45.1 Å². The lowest BCUT2D eigenvalue weighted by atomic mass is 10.2. The van der Waals surface area contributed by atoms with E-state index in [-0.39, 0.29) is 10.6 Å². The van der Waals surface area contributed by atoms with E-state index in [2.05, 4.69) is 36.2 Å². The van der Waals surface area contributed by atoms with E-state index in [0.717, 1.165) is 10.0 Å². The molecule has 0 aliphatic rings. The van der Waals surface area contributed by atoms with Gasteiger partial charge in [-0.25, -0.2) is 0 Å². The highest BCUT2D eigenvalue weighted by atomic mass is 79.9. The molecule has 1 heterocycles. The maximum atomic E-state index is 5.66. The lowest BCUT2D eigenvalue weighted by molar-refractivity contribution is 1.00. The van der Waals surface area contributed by atoms with Crippen LogP contribution in [-0.2, 0) is 6.54 Å². The average Bonchev–Trinajstić information content (AvgIpc) is 2.27. The Morgan fingerprint density at radius 2 is 1.59 bits per heavy atom. The van der Waals surface area contributed by atoms with Crippen LogP contribution >= 0.6 is 39.1 Å².